The van der Waals surface area contributed by atoms with Crippen LogP contribution in [0.4, 0.5) is 5.13 Å². The summed E-state index contributed by atoms with van der Waals surface area (Å²) in [7, 11) is 0. The topological polar surface area (TPSA) is 89.8 Å². The van der Waals surface area contributed by atoms with Gasteiger partial charge in [-0.3, -0.25) is 14.6 Å². The van der Waals surface area contributed by atoms with Crippen molar-refractivity contribution in [3.05, 3.63) is 81.6 Å². The minimum atomic E-state index is -0.405. The van der Waals surface area contributed by atoms with Crippen molar-refractivity contribution in [2.75, 3.05) is 5.32 Å². The van der Waals surface area contributed by atoms with Gasteiger partial charge >= 0.3 is 0 Å². The van der Waals surface area contributed by atoms with Crippen molar-refractivity contribution in [3.8, 4) is 22.6 Å². The van der Waals surface area contributed by atoms with Crippen LogP contribution in [0.2, 0.25) is 5.02 Å². The Morgan fingerprint density at radius 2 is 1.86 bits per heavy atom. The van der Waals surface area contributed by atoms with Gasteiger partial charge in [0.25, 0.3) is 5.56 Å². The van der Waals surface area contributed by atoms with Crippen LogP contribution in [0.3, 0.4) is 0 Å². The third kappa shape index (κ3) is 4.39. The summed E-state index contributed by atoms with van der Waals surface area (Å²) < 4.78 is 1.10. The first kappa shape index (κ1) is 19.0. The number of carbonyl (C=O) groups excluding carboxylic acids is 1. The van der Waals surface area contributed by atoms with Crippen LogP contribution in [0.5, 0.6) is 0 Å². The van der Waals surface area contributed by atoms with Gasteiger partial charge in [-0.05, 0) is 24.3 Å². The van der Waals surface area contributed by atoms with Crippen LogP contribution < -0.4 is 10.9 Å². The number of halogens is 1. The van der Waals surface area contributed by atoms with Gasteiger partial charge in [-0.1, -0.05) is 35.9 Å². The number of hydrogen-bond donors (Lipinski definition) is 1. The van der Waals surface area contributed by atoms with E-state index < -0.39 is 5.91 Å². The molecular formula is C20H14ClN5O2S. The molecule has 0 fully saturated rings. The Hall–Kier alpha value is -3.36. The van der Waals surface area contributed by atoms with E-state index in [0.29, 0.717) is 27.1 Å². The predicted molar refractivity (Wildman–Crippen MR) is 113 cm³/mol. The molecule has 0 radical (unpaired) electrons. The van der Waals surface area contributed by atoms with Crippen LogP contribution in [-0.2, 0) is 11.3 Å². The van der Waals surface area contributed by atoms with E-state index in [9.17, 15) is 9.59 Å². The van der Waals surface area contributed by atoms with Gasteiger partial charge in [-0.15, -0.1) is 11.3 Å². The number of amides is 1. The van der Waals surface area contributed by atoms with E-state index in [1.165, 1.54) is 17.4 Å². The van der Waals surface area contributed by atoms with Crippen LogP contribution in [-0.4, -0.2) is 25.7 Å². The fraction of sp³-hybridized carbons (Fsp3) is 0.0500. The predicted octanol–water partition coefficient (Wildman–Crippen LogP) is 3.72. The van der Waals surface area contributed by atoms with E-state index in [-0.39, 0.29) is 12.1 Å². The van der Waals surface area contributed by atoms with Gasteiger partial charge in [0.05, 0.1) is 16.4 Å². The zero-order valence-electron chi connectivity index (χ0n) is 14.9. The van der Waals surface area contributed by atoms with Gasteiger partial charge in [0.2, 0.25) is 5.91 Å². The molecule has 0 saturated carbocycles. The summed E-state index contributed by atoms with van der Waals surface area (Å²) in [4.78, 5) is 33.1. The smallest absolute Gasteiger partial charge is 0.267 e. The van der Waals surface area contributed by atoms with E-state index in [4.69, 9.17) is 11.6 Å². The van der Waals surface area contributed by atoms with Crippen molar-refractivity contribution in [2.24, 2.45) is 0 Å². The molecule has 0 unspecified atom stereocenters. The van der Waals surface area contributed by atoms with E-state index in [1.807, 2.05) is 30.3 Å². The second-order valence-electron chi connectivity index (χ2n) is 6.00. The van der Waals surface area contributed by atoms with Crippen molar-refractivity contribution >= 4 is 34.0 Å². The average Bonchev–Trinajstić information content (AvgIpc) is 3.19. The number of aromatic nitrogens is 4. The standard InChI is InChI=1S/C20H14ClN5O2S/c21-14-6-2-1-5-13(14)15-8-9-19(28)26(25-15)11-18(27)24-20-23-17(12-29-20)16-7-3-4-10-22-16/h1-10,12H,11H2,(H,23,24,27). The SMILES string of the molecule is O=C(Cn1nc(-c2ccccc2Cl)ccc1=O)Nc1nc(-c2ccccn2)cs1. The molecule has 7 nitrogen and oxygen atoms in total. The molecule has 9 heteroatoms. The summed E-state index contributed by atoms with van der Waals surface area (Å²) >= 11 is 7.48. The fourth-order valence-electron chi connectivity index (χ4n) is 2.63. The van der Waals surface area contributed by atoms with Gasteiger partial charge in [0, 0.05) is 23.2 Å². The number of thiazole rings is 1. The normalized spacial score (nSPS) is 10.7. The lowest BCUT2D eigenvalue weighted by Gasteiger charge is -2.08. The molecule has 0 spiro atoms. The lowest BCUT2D eigenvalue weighted by molar-refractivity contribution is -0.117. The number of carbonyl (C=O) groups is 1. The first-order chi connectivity index (χ1) is 14.1. The van der Waals surface area contributed by atoms with Crippen molar-refractivity contribution < 1.29 is 4.79 Å². The maximum atomic E-state index is 12.4. The molecular weight excluding hydrogens is 410 g/mol. The average molecular weight is 424 g/mol. The lowest BCUT2D eigenvalue weighted by Crippen LogP contribution is -2.29. The van der Waals surface area contributed by atoms with Gasteiger partial charge in [-0.2, -0.15) is 5.10 Å². The van der Waals surface area contributed by atoms with Crippen molar-refractivity contribution in [1.82, 2.24) is 19.7 Å². The minimum absolute atomic E-state index is 0.240. The Morgan fingerprint density at radius 1 is 1.03 bits per heavy atom. The molecule has 1 aromatic carbocycles. The molecule has 3 heterocycles. The summed E-state index contributed by atoms with van der Waals surface area (Å²) in [6.07, 6.45) is 1.68. The molecule has 0 atom stereocenters. The molecule has 0 saturated heterocycles. The quantitative estimate of drug-likeness (QED) is 0.528. The highest BCUT2D eigenvalue weighted by Gasteiger charge is 2.12. The van der Waals surface area contributed by atoms with E-state index in [0.717, 1.165) is 10.4 Å². The Morgan fingerprint density at radius 3 is 2.66 bits per heavy atom. The third-order valence-electron chi connectivity index (χ3n) is 3.99. The molecule has 0 aliphatic heterocycles. The van der Waals surface area contributed by atoms with Crippen LogP contribution in [0.25, 0.3) is 22.6 Å². The zero-order valence-corrected chi connectivity index (χ0v) is 16.5. The molecule has 29 heavy (non-hydrogen) atoms. The van der Waals surface area contributed by atoms with Crippen LogP contribution in [0, 0.1) is 0 Å². The Balaban J connectivity index is 1.50. The molecule has 144 valence electrons. The molecule has 0 aliphatic carbocycles. The molecule has 0 aliphatic rings. The summed E-state index contributed by atoms with van der Waals surface area (Å²) in [5.41, 5.74) is 2.19. The van der Waals surface area contributed by atoms with Gasteiger partial charge in [-0.25, -0.2) is 9.67 Å². The number of hydrogen-bond acceptors (Lipinski definition) is 6. The molecule has 3 aromatic heterocycles. The number of nitrogens with zero attached hydrogens (tertiary/aromatic N) is 4. The summed E-state index contributed by atoms with van der Waals surface area (Å²) in [6, 6.07) is 15.6. The molecule has 1 amide bonds. The summed E-state index contributed by atoms with van der Waals surface area (Å²) in [5.74, 6) is -0.405. The third-order valence-corrected chi connectivity index (χ3v) is 5.07. The Bertz CT molecular complexity index is 1220. The number of anilines is 1. The van der Waals surface area contributed by atoms with Gasteiger partial charge in [0.15, 0.2) is 5.13 Å². The summed E-state index contributed by atoms with van der Waals surface area (Å²) in [5, 5.41) is 9.70. The van der Waals surface area contributed by atoms with Crippen LogP contribution >= 0.6 is 22.9 Å². The van der Waals surface area contributed by atoms with Crippen LogP contribution in [0.15, 0.2) is 71.0 Å². The van der Waals surface area contributed by atoms with E-state index >= 15 is 0 Å². The second-order valence-corrected chi connectivity index (χ2v) is 7.26. The zero-order chi connectivity index (χ0) is 20.2. The largest absolute Gasteiger partial charge is 0.300 e. The monoisotopic (exact) mass is 423 g/mol. The number of nitrogens with one attached hydrogen (secondary N) is 1. The number of rotatable bonds is 5. The van der Waals surface area contributed by atoms with Crippen molar-refractivity contribution in [1.29, 1.82) is 0 Å². The molecule has 1 N–H and O–H groups in total. The maximum absolute atomic E-state index is 12.4. The first-order valence-electron chi connectivity index (χ1n) is 8.60. The van der Waals surface area contributed by atoms with Crippen molar-refractivity contribution in [2.45, 2.75) is 6.54 Å². The highest BCUT2D eigenvalue weighted by Crippen LogP contribution is 2.25. The molecule has 4 aromatic rings. The van der Waals surface area contributed by atoms with Crippen LogP contribution in [0.1, 0.15) is 0 Å². The lowest BCUT2D eigenvalue weighted by atomic mass is 10.1. The molecule has 4 rings (SSSR count). The van der Waals surface area contributed by atoms with Crippen molar-refractivity contribution in [3.63, 3.8) is 0 Å². The summed E-state index contributed by atoms with van der Waals surface area (Å²) in [6.45, 7) is -0.240. The second kappa shape index (κ2) is 8.34. The van der Waals surface area contributed by atoms with Gasteiger partial charge in [0.1, 0.15) is 12.2 Å². The highest BCUT2D eigenvalue weighted by molar-refractivity contribution is 7.14. The van der Waals surface area contributed by atoms with Gasteiger partial charge < -0.3 is 5.32 Å². The fourth-order valence-corrected chi connectivity index (χ4v) is 3.59. The first-order valence-corrected chi connectivity index (χ1v) is 9.86. The van der Waals surface area contributed by atoms with E-state index in [1.54, 1.807) is 29.8 Å². The van der Waals surface area contributed by atoms with E-state index in [2.05, 4.69) is 20.4 Å². The highest BCUT2D eigenvalue weighted by atomic mass is 35.5. The number of benzene rings is 1. The Labute approximate surface area is 174 Å². The number of pyridine rings is 1. The maximum Gasteiger partial charge on any atom is 0.267 e. The molecule has 0 bridgehead atoms. The minimum Gasteiger partial charge on any atom is -0.300 e. The Kier molecular flexibility index (Phi) is 5.46.